The van der Waals surface area contributed by atoms with Gasteiger partial charge in [-0.25, -0.2) is 0 Å². The van der Waals surface area contributed by atoms with Crippen LogP contribution in [0.25, 0.3) is 6.08 Å². The zero-order valence-corrected chi connectivity index (χ0v) is 12.2. The van der Waals surface area contributed by atoms with Crippen molar-refractivity contribution in [2.75, 3.05) is 20.2 Å². The summed E-state index contributed by atoms with van der Waals surface area (Å²) in [5.41, 5.74) is 1.28. The first-order valence-corrected chi connectivity index (χ1v) is 6.76. The van der Waals surface area contributed by atoms with Gasteiger partial charge >= 0.3 is 0 Å². The molecule has 1 aliphatic rings. The molecule has 0 unspecified atom stereocenters. The maximum atomic E-state index is 11.9. The van der Waals surface area contributed by atoms with Crippen molar-refractivity contribution in [3.8, 4) is 5.75 Å². The topological polar surface area (TPSA) is 49.8 Å². The molecule has 4 heteroatoms. The molecule has 0 aromatic heterocycles. The van der Waals surface area contributed by atoms with E-state index in [0.29, 0.717) is 6.54 Å². The normalized spacial score (nSPS) is 14.2. The van der Waals surface area contributed by atoms with Gasteiger partial charge < -0.3 is 14.7 Å². The molecule has 4 nitrogen and oxygen atoms in total. The van der Waals surface area contributed by atoms with Crippen LogP contribution in [0.5, 0.6) is 5.75 Å². The van der Waals surface area contributed by atoms with Gasteiger partial charge in [-0.1, -0.05) is 6.07 Å². The van der Waals surface area contributed by atoms with Crippen LogP contribution in [0.1, 0.15) is 25.0 Å². The summed E-state index contributed by atoms with van der Waals surface area (Å²) in [5, 5.41) is 9.70. The number of fused-ring (bicyclic) bond motifs is 1. The molecule has 0 bridgehead atoms. The van der Waals surface area contributed by atoms with E-state index < -0.39 is 5.60 Å². The number of carbonyl (C=O) groups is 1. The number of amides is 1. The summed E-state index contributed by atoms with van der Waals surface area (Å²) in [6.07, 6.45) is 4.24. The third kappa shape index (κ3) is 3.84. The molecular formula is C16H21NO3. The number of carbonyl (C=O) groups excluding carboxylic acids is 1. The number of hydrogen-bond acceptors (Lipinski definition) is 3. The standard InChI is InChI=1S/C16H21NO3/c1-16(2,19)11-17(3)15(18)7-5-12-4-6-14-13(10-12)8-9-20-14/h4-7,10,19H,8-9,11H2,1-3H3/b7-5+. The van der Waals surface area contributed by atoms with E-state index in [-0.39, 0.29) is 5.91 Å². The van der Waals surface area contributed by atoms with Gasteiger partial charge in [0.25, 0.3) is 0 Å². The number of nitrogens with zero attached hydrogens (tertiary/aromatic N) is 1. The Hall–Kier alpha value is -1.81. The van der Waals surface area contributed by atoms with Crippen LogP contribution >= 0.6 is 0 Å². The highest BCUT2D eigenvalue weighted by Crippen LogP contribution is 2.26. The van der Waals surface area contributed by atoms with Gasteiger partial charge in [0.05, 0.1) is 12.2 Å². The molecule has 1 amide bonds. The lowest BCUT2D eigenvalue weighted by Crippen LogP contribution is -2.38. The van der Waals surface area contributed by atoms with E-state index in [4.69, 9.17) is 4.74 Å². The van der Waals surface area contributed by atoms with Crippen LogP contribution in [0.15, 0.2) is 24.3 Å². The Kier molecular flexibility index (Phi) is 4.14. The third-order valence-corrected chi connectivity index (χ3v) is 3.13. The van der Waals surface area contributed by atoms with Crippen LogP contribution in [0.2, 0.25) is 0 Å². The second kappa shape index (κ2) is 5.67. The molecule has 108 valence electrons. The van der Waals surface area contributed by atoms with Gasteiger partial charge in [-0.2, -0.15) is 0 Å². The van der Waals surface area contributed by atoms with Crippen LogP contribution in [0.4, 0.5) is 0 Å². The molecule has 0 atom stereocenters. The fraction of sp³-hybridized carbons (Fsp3) is 0.438. The van der Waals surface area contributed by atoms with Crippen molar-refractivity contribution in [2.24, 2.45) is 0 Å². The predicted molar refractivity (Wildman–Crippen MR) is 78.6 cm³/mol. The van der Waals surface area contributed by atoms with Gasteiger partial charge in [0.2, 0.25) is 5.91 Å². The predicted octanol–water partition coefficient (Wildman–Crippen LogP) is 1.86. The summed E-state index contributed by atoms with van der Waals surface area (Å²) < 4.78 is 5.45. The van der Waals surface area contributed by atoms with Gasteiger partial charge in [-0.15, -0.1) is 0 Å². The van der Waals surface area contributed by atoms with Crippen molar-refractivity contribution < 1.29 is 14.6 Å². The average molecular weight is 275 g/mol. The molecule has 1 heterocycles. The molecule has 0 saturated heterocycles. The molecule has 0 saturated carbocycles. The molecule has 1 aliphatic heterocycles. The van der Waals surface area contributed by atoms with Crippen LogP contribution in [-0.4, -0.2) is 41.7 Å². The monoisotopic (exact) mass is 275 g/mol. The maximum absolute atomic E-state index is 11.9. The average Bonchev–Trinajstić information content (AvgIpc) is 2.81. The minimum absolute atomic E-state index is 0.121. The van der Waals surface area contributed by atoms with E-state index >= 15 is 0 Å². The Morgan fingerprint density at radius 2 is 2.25 bits per heavy atom. The molecule has 0 radical (unpaired) electrons. The third-order valence-electron chi connectivity index (χ3n) is 3.13. The number of aliphatic hydroxyl groups is 1. The van der Waals surface area contributed by atoms with Crippen LogP contribution in [-0.2, 0) is 11.2 Å². The smallest absolute Gasteiger partial charge is 0.246 e. The Balaban J connectivity index is 2.00. The van der Waals surface area contributed by atoms with Crippen molar-refractivity contribution in [3.05, 3.63) is 35.4 Å². The quantitative estimate of drug-likeness (QED) is 0.853. The van der Waals surface area contributed by atoms with Crippen LogP contribution in [0, 0.1) is 0 Å². The van der Waals surface area contributed by atoms with Crippen LogP contribution < -0.4 is 4.74 Å². The van der Waals surface area contributed by atoms with E-state index in [1.165, 1.54) is 16.5 Å². The van der Waals surface area contributed by atoms with Gasteiger partial charge in [-0.05, 0) is 43.2 Å². The lowest BCUT2D eigenvalue weighted by atomic mass is 10.1. The number of likely N-dealkylation sites (N-methyl/N-ethyl adjacent to an activating group) is 1. The highest BCUT2D eigenvalue weighted by molar-refractivity contribution is 5.91. The van der Waals surface area contributed by atoms with Gasteiger partial charge in [0, 0.05) is 26.1 Å². The number of ether oxygens (including phenoxy) is 1. The minimum atomic E-state index is -0.886. The summed E-state index contributed by atoms with van der Waals surface area (Å²) in [4.78, 5) is 13.4. The fourth-order valence-electron chi connectivity index (χ4n) is 2.26. The summed E-state index contributed by atoms with van der Waals surface area (Å²) in [6, 6.07) is 5.92. The van der Waals surface area contributed by atoms with E-state index in [2.05, 4.69) is 0 Å². The van der Waals surface area contributed by atoms with Crippen LogP contribution in [0.3, 0.4) is 0 Å². The number of rotatable bonds is 4. The first-order valence-electron chi connectivity index (χ1n) is 6.76. The highest BCUT2D eigenvalue weighted by atomic mass is 16.5. The Morgan fingerprint density at radius 1 is 1.50 bits per heavy atom. The van der Waals surface area contributed by atoms with Crippen molar-refractivity contribution in [1.82, 2.24) is 4.90 Å². The molecular weight excluding hydrogens is 254 g/mol. The molecule has 20 heavy (non-hydrogen) atoms. The lowest BCUT2D eigenvalue weighted by Gasteiger charge is -2.24. The second-order valence-corrected chi connectivity index (χ2v) is 5.81. The van der Waals surface area contributed by atoms with Gasteiger partial charge in [-0.3, -0.25) is 4.79 Å². The summed E-state index contributed by atoms with van der Waals surface area (Å²) in [6.45, 7) is 4.39. The lowest BCUT2D eigenvalue weighted by molar-refractivity contribution is -0.127. The Morgan fingerprint density at radius 3 is 2.95 bits per heavy atom. The van der Waals surface area contributed by atoms with E-state index in [9.17, 15) is 9.90 Å². The van der Waals surface area contributed by atoms with Crippen molar-refractivity contribution in [3.63, 3.8) is 0 Å². The molecule has 1 N–H and O–H groups in total. The number of hydrogen-bond donors (Lipinski definition) is 1. The zero-order chi connectivity index (χ0) is 14.8. The van der Waals surface area contributed by atoms with E-state index in [0.717, 1.165) is 24.3 Å². The summed E-state index contributed by atoms with van der Waals surface area (Å²) >= 11 is 0. The van der Waals surface area contributed by atoms with Gasteiger partial charge in [0.1, 0.15) is 5.75 Å². The SMILES string of the molecule is CN(CC(C)(C)O)C(=O)/C=C/c1ccc2c(c1)CCO2. The molecule has 0 spiro atoms. The Bertz CT molecular complexity index is 529. The fourth-order valence-corrected chi connectivity index (χ4v) is 2.26. The van der Waals surface area contributed by atoms with E-state index in [1.54, 1.807) is 27.0 Å². The first kappa shape index (κ1) is 14.6. The largest absolute Gasteiger partial charge is 0.493 e. The van der Waals surface area contributed by atoms with E-state index in [1.807, 2.05) is 18.2 Å². The molecule has 0 aliphatic carbocycles. The minimum Gasteiger partial charge on any atom is -0.493 e. The molecule has 0 fully saturated rings. The number of benzene rings is 1. The molecule has 1 aromatic rings. The second-order valence-electron chi connectivity index (χ2n) is 5.81. The Labute approximate surface area is 119 Å². The van der Waals surface area contributed by atoms with Crippen molar-refractivity contribution in [2.45, 2.75) is 25.9 Å². The maximum Gasteiger partial charge on any atom is 0.246 e. The molecule has 1 aromatic carbocycles. The van der Waals surface area contributed by atoms with Crippen molar-refractivity contribution in [1.29, 1.82) is 0 Å². The van der Waals surface area contributed by atoms with Gasteiger partial charge in [0.15, 0.2) is 0 Å². The summed E-state index contributed by atoms with van der Waals surface area (Å²) in [5.74, 6) is 0.816. The first-order chi connectivity index (χ1) is 9.35. The van der Waals surface area contributed by atoms with Crippen molar-refractivity contribution >= 4 is 12.0 Å². The zero-order valence-electron chi connectivity index (χ0n) is 12.2. The molecule has 2 rings (SSSR count). The highest BCUT2D eigenvalue weighted by Gasteiger charge is 2.18. The summed E-state index contributed by atoms with van der Waals surface area (Å²) in [7, 11) is 1.68.